The van der Waals surface area contributed by atoms with Crippen LogP contribution in [0.25, 0.3) is 0 Å². The molecule has 0 aliphatic heterocycles. The van der Waals surface area contributed by atoms with E-state index in [4.69, 9.17) is 4.74 Å². The molecule has 0 aromatic heterocycles. The Labute approximate surface area is 189 Å². The summed E-state index contributed by atoms with van der Waals surface area (Å²) in [4.78, 5) is 62.5. The Hall–Kier alpha value is -4.39. The molecule has 7 heteroatoms. The maximum absolute atomic E-state index is 13.0. The molecule has 0 bridgehead atoms. The van der Waals surface area contributed by atoms with Gasteiger partial charge in [-0.2, -0.15) is 0 Å². The summed E-state index contributed by atoms with van der Waals surface area (Å²) in [5, 5.41) is 2.68. The van der Waals surface area contributed by atoms with Gasteiger partial charge < -0.3 is 10.1 Å². The molecule has 164 valence electrons. The predicted octanol–water partition coefficient (Wildman–Crippen LogP) is 3.85. The highest BCUT2D eigenvalue weighted by atomic mass is 16.5. The van der Waals surface area contributed by atoms with Crippen LogP contribution in [0.3, 0.4) is 0 Å². The van der Waals surface area contributed by atoms with Gasteiger partial charge in [0.1, 0.15) is 0 Å². The number of benzene rings is 3. The molecule has 0 radical (unpaired) electrons. The summed E-state index contributed by atoms with van der Waals surface area (Å²) in [5.74, 6) is -2.25. The Morgan fingerprint density at radius 3 is 2.09 bits per heavy atom. The standard InChI is InChI=1S/C26H19NO6/c1-2-22(29)27-16-12-10-15(11-13-16)21(28)14-33-26(32)20-9-5-8-19-23(20)25(31)18-7-4-3-6-17(18)24(19)30/h3-13H,2,14H2,1H3,(H,27,29). The van der Waals surface area contributed by atoms with Gasteiger partial charge in [0.25, 0.3) is 0 Å². The number of ketones is 3. The molecular weight excluding hydrogens is 422 g/mol. The number of ether oxygens (including phenoxy) is 1. The van der Waals surface area contributed by atoms with E-state index in [2.05, 4.69) is 5.32 Å². The van der Waals surface area contributed by atoms with Crippen molar-refractivity contribution in [2.75, 3.05) is 11.9 Å². The largest absolute Gasteiger partial charge is 0.454 e. The van der Waals surface area contributed by atoms with Gasteiger partial charge in [-0.15, -0.1) is 0 Å². The van der Waals surface area contributed by atoms with E-state index in [1.165, 1.54) is 36.4 Å². The number of fused-ring (bicyclic) bond motifs is 2. The number of esters is 1. The van der Waals surface area contributed by atoms with Crippen LogP contribution in [0.4, 0.5) is 5.69 Å². The predicted molar refractivity (Wildman–Crippen MR) is 120 cm³/mol. The lowest BCUT2D eigenvalue weighted by molar-refractivity contribution is -0.115. The first-order valence-electron chi connectivity index (χ1n) is 10.3. The number of amides is 1. The summed E-state index contributed by atoms with van der Waals surface area (Å²) in [5.41, 5.74) is 1.41. The smallest absolute Gasteiger partial charge is 0.339 e. The Kier molecular flexibility index (Phi) is 5.95. The Balaban J connectivity index is 1.50. The SMILES string of the molecule is CCC(=O)Nc1ccc(C(=O)COC(=O)c2cccc3c2C(=O)c2ccccc2C3=O)cc1. The zero-order valence-electron chi connectivity index (χ0n) is 17.7. The molecule has 7 nitrogen and oxygen atoms in total. The van der Waals surface area contributed by atoms with Crippen molar-refractivity contribution in [3.05, 3.63) is 100 Å². The van der Waals surface area contributed by atoms with Crippen LogP contribution in [-0.4, -0.2) is 35.8 Å². The minimum absolute atomic E-state index is 0.0188. The quantitative estimate of drug-likeness (QED) is 0.360. The van der Waals surface area contributed by atoms with Gasteiger partial charge in [-0.25, -0.2) is 4.79 Å². The molecule has 4 rings (SSSR count). The highest BCUT2D eigenvalue weighted by molar-refractivity contribution is 6.30. The zero-order valence-corrected chi connectivity index (χ0v) is 17.7. The third-order valence-corrected chi connectivity index (χ3v) is 5.32. The van der Waals surface area contributed by atoms with Crippen molar-refractivity contribution in [1.29, 1.82) is 0 Å². The average molecular weight is 441 g/mol. The normalized spacial score (nSPS) is 11.9. The summed E-state index contributed by atoms with van der Waals surface area (Å²) in [6, 6.07) is 17.0. The summed E-state index contributed by atoms with van der Waals surface area (Å²) in [7, 11) is 0. The van der Waals surface area contributed by atoms with Crippen molar-refractivity contribution in [2.24, 2.45) is 0 Å². The number of carbonyl (C=O) groups is 5. The monoisotopic (exact) mass is 441 g/mol. The molecule has 1 aliphatic rings. The summed E-state index contributed by atoms with van der Waals surface area (Å²) >= 11 is 0. The molecule has 0 fully saturated rings. The number of Topliss-reactive ketones (excluding diaryl/α,β-unsaturated/α-hetero) is 1. The number of carbonyl (C=O) groups excluding carboxylic acids is 5. The highest BCUT2D eigenvalue weighted by Gasteiger charge is 2.33. The first kappa shape index (κ1) is 21.8. The van der Waals surface area contributed by atoms with E-state index >= 15 is 0 Å². The van der Waals surface area contributed by atoms with Crippen LogP contribution in [-0.2, 0) is 9.53 Å². The molecule has 3 aromatic carbocycles. The fourth-order valence-electron chi connectivity index (χ4n) is 3.60. The van der Waals surface area contributed by atoms with Gasteiger partial charge in [-0.05, 0) is 30.3 Å². The van der Waals surface area contributed by atoms with Crippen LogP contribution >= 0.6 is 0 Å². The van der Waals surface area contributed by atoms with Gasteiger partial charge >= 0.3 is 5.97 Å². The number of anilines is 1. The molecule has 33 heavy (non-hydrogen) atoms. The molecule has 0 spiro atoms. The lowest BCUT2D eigenvalue weighted by Crippen LogP contribution is -2.25. The van der Waals surface area contributed by atoms with Crippen LogP contribution in [0.15, 0.2) is 66.7 Å². The fraction of sp³-hybridized carbons (Fsp3) is 0.115. The average Bonchev–Trinajstić information content (AvgIpc) is 2.85. The van der Waals surface area contributed by atoms with Gasteiger partial charge in [0.15, 0.2) is 24.0 Å². The first-order valence-corrected chi connectivity index (χ1v) is 10.3. The Morgan fingerprint density at radius 2 is 1.42 bits per heavy atom. The van der Waals surface area contributed by atoms with E-state index in [1.54, 1.807) is 37.3 Å². The number of hydrogen-bond acceptors (Lipinski definition) is 6. The number of rotatable bonds is 6. The minimum atomic E-state index is -0.868. The van der Waals surface area contributed by atoms with E-state index < -0.39 is 24.1 Å². The van der Waals surface area contributed by atoms with E-state index in [1.807, 2.05) is 0 Å². The zero-order chi connectivity index (χ0) is 23.5. The molecule has 1 amide bonds. The Morgan fingerprint density at radius 1 is 0.788 bits per heavy atom. The van der Waals surface area contributed by atoms with Crippen molar-refractivity contribution in [3.8, 4) is 0 Å². The van der Waals surface area contributed by atoms with Gasteiger partial charge in [-0.1, -0.05) is 43.3 Å². The summed E-state index contributed by atoms with van der Waals surface area (Å²) in [6.45, 7) is 1.19. The lowest BCUT2D eigenvalue weighted by atomic mass is 9.82. The minimum Gasteiger partial charge on any atom is -0.454 e. The number of hydrogen-bond donors (Lipinski definition) is 1. The van der Waals surface area contributed by atoms with E-state index in [-0.39, 0.29) is 39.5 Å². The molecule has 0 unspecified atom stereocenters. The maximum Gasteiger partial charge on any atom is 0.339 e. The van der Waals surface area contributed by atoms with Crippen molar-refractivity contribution >= 4 is 34.9 Å². The van der Waals surface area contributed by atoms with Crippen LogP contribution < -0.4 is 5.32 Å². The molecule has 0 atom stereocenters. The molecule has 1 N–H and O–H groups in total. The van der Waals surface area contributed by atoms with Crippen molar-refractivity contribution < 1.29 is 28.7 Å². The molecular formula is C26H19NO6. The van der Waals surface area contributed by atoms with Crippen molar-refractivity contribution in [2.45, 2.75) is 13.3 Å². The third kappa shape index (κ3) is 4.21. The Bertz CT molecular complexity index is 1310. The summed E-state index contributed by atoms with van der Waals surface area (Å²) in [6.07, 6.45) is 0.333. The molecule has 0 saturated heterocycles. The fourth-order valence-corrected chi connectivity index (χ4v) is 3.60. The lowest BCUT2D eigenvalue weighted by Gasteiger charge is -2.19. The van der Waals surface area contributed by atoms with E-state index in [0.717, 1.165) is 0 Å². The highest BCUT2D eigenvalue weighted by Crippen LogP contribution is 2.29. The topological polar surface area (TPSA) is 107 Å². The second kappa shape index (κ2) is 9.00. The second-order valence-electron chi connectivity index (χ2n) is 7.41. The van der Waals surface area contributed by atoms with Crippen LogP contribution in [0.1, 0.15) is 65.9 Å². The van der Waals surface area contributed by atoms with Gasteiger partial charge in [-0.3, -0.25) is 19.2 Å². The van der Waals surface area contributed by atoms with Crippen LogP contribution in [0.2, 0.25) is 0 Å². The van der Waals surface area contributed by atoms with Crippen LogP contribution in [0.5, 0.6) is 0 Å². The molecule has 0 heterocycles. The molecule has 1 aliphatic carbocycles. The van der Waals surface area contributed by atoms with Gasteiger partial charge in [0.2, 0.25) is 5.91 Å². The third-order valence-electron chi connectivity index (χ3n) is 5.32. The van der Waals surface area contributed by atoms with E-state index in [9.17, 15) is 24.0 Å². The second-order valence-corrected chi connectivity index (χ2v) is 7.41. The van der Waals surface area contributed by atoms with Crippen molar-refractivity contribution in [1.82, 2.24) is 0 Å². The molecule has 3 aromatic rings. The van der Waals surface area contributed by atoms with Crippen LogP contribution in [0, 0.1) is 0 Å². The summed E-state index contributed by atoms with van der Waals surface area (Å²) < 4.78 is 5.17. The van der Waals surface area contributed by atoms with Gasteiger partial charge in [0, 0.05) is 39.9 Å². The number of nitrogens with one attached hydrogen (secondary N) is 1. The maximum atomic E-state index is 13.0. The van der Waals surface area contributed by atoms with Crippen molar-refractivity contribution in [3.63, 3.8) is 0 Å². The van der Waals surface area contributed by atoms with E-state index in [0.29, 0.717) is 17.7 Å². The molecule has 0 saturated carbocycles. The van der Waals surface area contributed by atoms with Gasteiger partial charge in [0.05, 0.1) is 5.56 Å². The first-order chi connectivity index (χ1) is 15.9.